The fourth-order valence-corrected chi connectivity index (χ4v) is 1.42. The standard InChI is InChI=1S/C9H14N4O4/c1-3-4-9(2,7(15)16)11-5-6(14)10-8(17)13-12-5/h3-4H2,1-2H3,(H,11,12)(H,15,16)(H2,10,13,14,17). The number of rotatable bonds is 5. The van der Waals surface area contributed by atoms with Gasteiger partial charge in [-0.05, 0) is 13.3 Å². The average Bonchev–Trinajstić information content (AvgIpc) is 2.22. The summed E-state index contributed by atoms with van der Waals surface area (Å²) in [5, 5.41) is 17.1. The summed E-state index contributed by atoms with van der Waals surface area (Å²) in [6.07, 6.45) is 0.944. The number of H-pyrrole nitrogens is 2. The van der Waals surface area contributed by atoms with Crippen LogP contribution in [0.5, 0.6) is 0 Å². The largest absolute Gasteiger partial charge is 0.480 e. The van der Waals surface area contributed by atoms with Crippen LogP contribution in [0, 0.1) is 0 Å². The Kier molecular flexibility index (Phi) is 3.66. The lowest BCUT2D eigenvalue weighted by molar-refractivity contribution is -0.142. The van der Waals surface area contributed by atoms with Gasteiger partial charge in [0.15, 0.2) is 0 Å². The quantitative estimate of drug-likeness (QED) is 0.551. The van der Waals surface area contributed by atoms with Crippen LogP contribution in [0.1, 0.15) is 26.7 Å². The van der Waals surface area contributed by atoms with Gasteiger partial charge in [0.1, 0.15) is 5.54 Å². The number of nitrogens with one attached hydrogen (secondary N) is 3. The van der Waals surface area contributed by atoms with Gasteiger partial charge < -0.3 is 10.4 Å². The Morgan fingerprint density at radius 2 is 2.18 bits per heavy atom. The molecule has 17 heavy (non-hydrogen) atoms. The van der Waals surface area contributed by atoms with Crippen LogP contribution in [0.2, 0.25) is 0 Å². The Balaban J connectivity index is 3.06. The predicted octanol–water partition coefficient (Wildman–Crippen LogP) is -0.486. The topological polar surface area (TPSA) is 128 Å². The zero-order valence-electron chi connectivity index (χ0n) is 9.53. The Hall–Kier alpha value is -2.12. The fraction of sp³-hybridized carbons (Fsp3) is 0.556. The number of aromatic amines is 2. The van der Waals surface area contributed by atoms with E-state index in [-0.39, 0.29) is 5.82 Å². The number of aliphatic carboxylic acids is 1. The van der Waals surface area contributed by atoms with Crippen LogP contribution in [0.3, 0.4) is 0 Å². The van der Waals surface area contributed by atoms with Crippen molar-refractivity contribution < 1.29 is 9.90 Å². The van der Waals surface area contributed by atoms with E-state index >= 15 is 0 Å². The van der Waals surface area contributed by atoms with Crippen molar-refractivity contribution in [3.63, 3.8) is 0 Å². The molecule has 8 heteroatoms. The van der Waals surface area contributed by atoms with Gasteiger partial charge in [-0.1, -0.05) is 13.3 Å². The molecule has 8 nitrogen and oxygen atoms in total. The number of hydrogen-bond acceptors (Lipinski definition) is 5. The molecule has 1 atom stereocenters. The SMILES string of the molecule is CCCC(C)(Nc1n[nH]c(=O)[nH]c1=O)C(=O)O. The average molecular weight is 242 g/mol. The second kappa shape index (κ2) is 4.81. The minimum absolute atomic E-state index is 0.219. The summed E-state index contributed by atoms with van der Waals surface area (Å²) >= 11 is 0. The Morgan fingerprint density at radius 3 is 2.65 bits per heavy atom. The van der Waals surface area contributed by atoms with E-state index in [2.05, 4.69) is 10.4 Å². The van der Waals surface area contributed by atoms with Crippen molar-refractivity contribution in [3.8, 4) is 0 Å². The third-order valence-electron chi connectivity index (χ3n) is 2.33. The molecule has 0 amide bonds. The van der Waals surface area contributed by atoms with Crippen LogP contribution in [0.4, 0.5) is 5.82 Å². The highest BCUT2D eigenvalue weighted by Gasteiger charge is 2.33. The Labute approximate surface area is 96.1 Å². The van der Waals surface area contributed by atoms with Crippen molar-refractivity contribution in [1.29, 1.82) is 0 Å². The summed E-state index contributed by atoms with van der Waals surface area (Å²) in [5.74, 6) is -1.31. The molecule has 0 aliphatic rings. The number of aromatic nitrogens is 3. The van der Waals surface area contributed by atoms with E-state index in [4.69, 9.17) is 5.11 Å². The van der Waals surface area contributed by atoms with Crippen LogP contribution in [0.25, 0.3) is 0 Å². The van der Waals surface area contributed by atoms with E-state index in [1.54, 1.807) is 0 Å². The number of carboxylic acid groups (broad SMARTS) is 1. The third-order valence-corrected chi connectivity index (χ3v) is 2.33. The monoisotopic (exact) mass is 242 g/mol. The molecule has 0 aliphatic heterocycles. The molecule has 0 saturated carbocycles. The second-order valence-corrected chi connectivity index (χ2v) is 3.87. The summed E-state index contributed by atoms with van der Waals surface area (Å²) in [6.45, 7) is 3.28. The highest BCUT2D eigenvalue weighted by molar-refractivity contribution is 5.81. The van der Waals surface area contributed by atoms with Crippen LogP contribution in [-0.2, 0) is 4.79 Å². The number of carboxylic acids is 1. The number of carbonyl (C=O) groups is 1. The molecule has 0 fully saturated rings. The minimum atomic E-state index is -1.30. The van der Waals surface area contributed by atoms with Crippen molar-refractivity contribution in [3.05, 3.63) is 20.8 Å². The maximum atomic E-state index is 11.4. The second-order valence-electron chi connectivity index (χ2n) is 3.87. The van der Waals surface area contributed by atoms with E-state index in [1.165, 1.54) is 6.92 Å². The Bertz CT molecular complexity index is 520. The molecule has 0 radical (unpaired) electrons. The van der Waals surface area contributed by atoms with Gasteiger partial charge in [0.2, 0.25) is 5.82 Å². The molecule has 94 valence electrons. The molecule has 1 heterocycles. The van der Waals surface area contributed by atoms with E-state index in [9.17, 15) is 14.4 Å². The lowest BCUT2D eigenvalue weighted by Gasteiger charge is -2.25. The molecule has 1 rings (SSSR count). The first-order valence-corrected chi connectivity index (χ1v) is 5.09. The summed E-state index contributed by atoms with van der Waals surface area (Å²) in [7, 11) is 0. The first-order chi connectivity index (χ1) is 7.89. The van der Waals surface area contributed by atoms with Gasteiger partial charge in [0, 0.05) is 0 Å². The van der Waals surface area contributed by atoms with Gasteiger partial charge in [-0.3, -0.25) is 9.78 Å². The van der Waals surface area contributed by atoms with Crippen molar-refractivity contribution in [2.45, 2.75) is 32.2 Å². The normalized spacial score (nSPS) is 14.0. The molecule has 0 aromatic carbocycles. The predicted molar refractivity (Wildman–Crippen MR) is 60.0 cm³/mol. The lowest BCUT2D eigenvalue weighted by Crippen LogP contribution is -2.45. The maximum Gasteiger partial charge on any atom is 0.342 e. The van der Waals surface area contributed by atoms with Crippen LogP contribution >= 0.6 is 0 Å². The molecule has 0 spiro atoms. The lowest BCUT2D eigenvalue weighted by atomic mass is 9.96. The van der Waals surface area contributed by atoms with Crippen LogP contribution in [0.15, 0.2) is 9.59 Å². The van der Waals surface area contributed by atoms with Gasteiger partial charge in [0.05, 0.1) is 0 Å². The summed E-state index contributed by atoms with van der Waals surface area (Å²) < 4.78 is 0. The summed E-state index contributed by atoms with van der Waals surface area (Å²) in [4.78, 5) is 35.2. The molecular formula is C9H14N4O4. The highest BCUT2D eigenvalue weighted by atomic mass is 16.4. The fourth-order valence-electron chi connectivity index (χ4n) is 1.42. The van der Waals surface area contributed by atoms with Crippen molar-refractivity contribution in [2.75, 3.05) is 5.32 Å². The smallest absolute Gasteiger partial charge is 0.342 e. The van der Waals surface area contributed by atoms with Crippen molar-refractivity contribution in [2.24, 2.45) is 0 Å². The molecule has 4 N–H and O–H groups in total. The van der Waals surface area contributed by atoms with Crippen LogP contribution in [-0.4, -0.2) is 31.8 Å². The summed E-state index contributed by atoms with van der Waals surface area (Å²) in [5.41, 5.74) is -2.79. The number of anilines is 1. The third kappa shape index (κ3) is 2.92. The molecule has 1 aromatic rings. The first-order valence-electron chi connectivity index (χ1n) is 5.09. The first kappa shape index (κ1) is 12.9. The van der Waals surface area contributed by atoms with Crippen molar-refractivity contribution in [1.82, 2.24) is 15.2 Å². The molecule has 0 aliphatic carbocycles. The van der Waals surface area contributed by atoms with E-state index in [0.29, 0.717) is 12.8 Å². The highest BCUT2D eigenvalue weighted by Crippen LogP contribution is 2.16. The number of hydrogen-bond donors (Lipinski definition) is 4. The van der Waals surface area contributed by atoms with Gasteiger partial charge in [-0.15, -0.1) is 5.10 Å². The van der Waals surface area contributed by atoms with E-state index in [0.717, 1.165) is 0 Å². The van der Waals surface area contributed by atoms with Crippen molar-refractivity contribution >= 4 is 11.8 Å². The van der Waals surface area contributed by atoms with E-state index in [1.807, 2.05) is 17.0 Å². The number of nitrogens with zero attached hydrogens (tertiary/aromatic N) is 1. The summed E-state index contributed by atoms with van der Waals surface area (Å²) in [6, 6.07) is 0. The Morgan fingerprint density at radius 1 is 1.53 bits per heavy atom. The van der Waals surface area contributed by atoms with Gasteiger partial charge in [-0.25, -0.2) is 14.7 Å². The zero-order valence-corrected chi connectivity index (χ0v) is 9.53. The zero-order chi connectivity index (χ0) is 13.1. The van der Waals surface area contributed by atoms with Gasteiger partial charge >= 0.3 is 11.7 Å². The molecule has 0 saturated heterocycles. The molecular weight excluding hydrogens is 228 g/mol. The molecule has 0 bridgehead atoms. The minimum Gasteiger partial charge on any atom is -0.480 e. The van der Waals surface area contributed by atoms with Gasteiger partial charge in [0.25, 0.3) is 5.56 Å². The van der Waals surface area contributed by atoms with E-state index < -0.39 is 22.8 Å². The molecule has 1 unspecified atom stereocenters. The maximum absolute atomic E-state index is 11.4. The van der Waals surface area contributed by atoms with Crippen LogP contribution < -0.4 is 16.6 Å². The molecule has 1 aromatic heterocycles. The van der Waals surface area contributed by atoms with Gasteiger partial charge in [-0.2, -0.15) is 0 Å².